The third-order valence-corrected chi connectivity index (χ3v) is 2.45. The normalized spacial score (nSPS) is 10.7. The van der Waals surface area contributed by atoms with E-state index in [1.54, 1.807) is 19.9 Å². The topological polar surface area (TPSA) is 48.4 Å². The zero-order chi connectivity index (χ0) is 13.1. The number of hydrogen-bond acceptors (Lipinski definition) is 4. The molecule has 18 heavy (non-hydrogen) atoms. The maximum absolute atomic E-state index is 11.9. The van der Waals surface area contributed by atoms with Gasteiger partial charge in [-0.25, -0.2) is 9.78 Å². The number of hydrogen-bond donors (Lipinski definition) is 0. The number of carbonyl (C=O) groups is 1. The van der Waals surface area contributed by atoms with Gasteiger partial charge in [0.1, 0.15) is 0 Å². The van der Waals surface area contributed by atoms with E-state index in [0.29, 0.717) is 5.75 Å². The van der Waals surface area contributed by atoms with Crippen LogP contribution in [0.4, 0.5) is 0 Å². The highest BCUT2D eigenvalue weighted by molar-refractivity contribution is 5.94. The summed E-state index contributed by atoms with van der Waals surface area (Å²) in [5.41, 5.74) is 0.957. The van der Waals surface area contributed by atoms with E-state index in [9.17, 15) is 4.79 Å². The molecule has 0 saturated carbocycles. The molecule has 0 aliphatic heterocycles. The molecular formula is C14H15NO3. The number of benzene rings is 1. The molecule has 2 rings (SSSR count). The highest BCUT2D eigenvalue weighted by Crippen LogP contribution is 2.23. The van der Waals surface area contributed by atoms with Crippen LogP contribution in [0.2, 0.25) is 0 Å². The summed E-state index contributed by atoms with van der Waals surface area (Å²) < 4.78 is 10.3. The van der Waals surface area contributed by atoms with Crippen LogP contribution in [0.15, 0.2) is 30.3 Å². The number of pyridine rings is 1. The van der Waals surface area contributed by atoms with Crippen molar-refractivity contribution in [1.82, 2.24) is 4.98 Å². The number of fused-ring (bicyclic) bond motifs is 1. The fraction of sp³-hybridized carbons (Fsp3) is 0.286. The fourth-order valence-electron chi connectivity index (χ4n) is 1.67. The average Bonchev–Trinajstić information content (AvgIpc) is 2.36. The SMILES string of the molecule is COc1cc2ccccc2nc1C(=O)OC(C)C. The number of para-hydroxylation sites is 1. The molecule has 0 N–H and O–H groups in total. The number of esters is 1. The van der Waals surface area contributed by atoms with Gasteiger partial charge < -0.3 is 9.47 Å². The second kappa shape index (κ2) is 5.04. The molecule has 0 bridgehead atoms. The Morgan fingerprint density at radius 3 is 2.67 bits per heavy atom. The van der Waals surface area contributed by atoms with Gasteiger partial charge in [-0.15, -0.1) is 0 Å². The van der Waals surface area contributed by atoms with Gasteiger partial charge in [0, 0.05) is 5.39 Å². The lowest BCUT2D eigenvalue weighted by atomic mass is 10.2. The van der Waals surface area contributed by atoms with Gasteiger partial charge in [0.2, 0.25) is 0 Å². The molecule has 0 aliphatic carbocycles. The Labute approximate surface area is 106 Å². The van der Waals surface area contributed by atoms with E-state index in [-0.39, 0.29) is 11.8 Å². The van der Waals surface area contributed by atoms with Crippen LogP contribution in [-0.4, -0.2) is 24.2 Å². The molecule has 0 aliphatic rings. The van der Waals surface area contributed by atoms with Crippen molar-refractivity contribution in [1.29, 1.82) is 0 Å². The quantitative estimate of drug-likeness (QED) is 0.780. The summed E-state index contributed by atoms with van der Waals surface area (Å²) in [5, 5.41) is 0.926. The molecule has 94 valence electrons. The summed E-state index contributed by atoms with van der Waals surface area (Å²) in [4.78, 5) is 16.2. The van der Waals surface area contributed by atoms with Crippen LogP contribution in [0.1, 0.15) is 24.3 Å². The number of aromatic nitrogens is 1. The first kappa shape index (κ1) is 12.4. The van der Waals surface area contributed by atoms with Crippen molar-refractivity contribution < 1.29 is 14.3 Å². The van der Waals surface area contributed by atoms with Gasteiger partial charge in [-0.1, -0.05) is 18.2 Å². The molecule has 2 aromatic rings. The van der Waals surface area contributed by atoms with Crippen molar-refractivity contribution in [3.05, 3.63) is 36.0 Å². The Bertz CT molecular complexity index is 578. The summed E-state index contributed by atoms with van der Waals surface area (Å²) in [5.74, 6) is -0.0352. The second-order valence-electron chi connectivity index (χ2n) is 4.19. The van der Waals surface area contributed by atoms with E-state index < -0.39 is 5.97 Å². The fourth-order valence-corrected chi connectivity index (χ4v) is 1.67. The lowest BCUT2D eigenvalue weighted by Crippen LogP contribution is -2.14. The predicted molar refractivity (Wildman–Crippen MR) is 68.8 cm³/mol. The molecule has 0 spiro atoms. The van der Waals surface area contributed by atoms with Crippen LogP contribution in [0, 0.1) is 0 Å². The van der Waals surface area contributed by atoms with E-state index in [2.05, 4.69) is 4.98 Å². The number of methoxy groups -OCH3 is 1. The lowest BCUT2D eigenvalue weighted by Gasteiger charge is -2.11. The minimum absolute atomic E-state index is 0.185. The van der Waals surface area contributed by atoms with E-state index in [4.69, 9.17) is 9.47 Å². The van der Waals surface area contributed by atoms with Crippen LogP contribution < -0.4 is 4.74 Å². The lowest BCUT2D eigenvalue weighted by molar-refractivity contribution is 0.0367. The van der Waals surface area contributed by atoms with Crippen molar-refractivity contribution in [2.75, 3.05) is 7.11 Å². The van der Waals surface area contributed by atoms with Crippen LogP contribution in [0.5, 0.6) is 5.75 Å². The number of ether oxygens (including phenoxy) is 2. The molecular weight excluding hydrogens is 230 g/mol. The van der Waals surface area contributed by atoms with E-state index in [1.807, 2.05) is 24.3 Å². The Morgan fingerprint density at radius 1 is 1.28 bits per heavy atom. The number of rotatable bonds is 3. The van der Waals surface area contributed by atoms with Crippen LogP contribution in [-0.2, 0) is 4.74 Å². The van der Waals surface area contributed by atoms with Crippen molar-refractivity contribution in [3.8, 4) is 5.75 Å². The molecule has 0 fully saturated rings. The average molecular weight is 245 g/mol. The predicted octanol–water partition coefficient (Wildman–Crippen LogP) is 2.81. The summed E-state index contributed by atoms with van der Waals surface area (Å²) in [6, 6.07) is 9.34. The molecule has 4 nitrogen and oxygen atoms in total. The second-order valence-corrected chi connectivity index (χ2v) is 4.19. The smallest absolute Gasteiger partial charge is 0.361 e. The monoisotopic (exact) mass is 245 g/mol. The third-order valence-electron chi connectivity index (χ3n) is 2.45. The van der Waals surface area contributed by atoms with Gasteiger partial charge >= 0.3 is 5.97 Å². The molecule has 0 saturated heterocycles. The largest absolute Gasteiger partial charge is 0.494 e. The van der Waals surface area contributed by atoms with Gasteiger partial charge in [-0.05, 0) is 26.0 Å². The molecule has 0 radical (unpaired) electrons. The molecule has 0 amide bonds. The Hall–Kier alpha value is -2.10. The van der Waals surface area contributed by atoms with Gasteiger partial charge in [-0.2, -0.15) is 0 Å². The maximum Gasteiger partial charge on any atom is 0.361 e. The van der Waals surface area contributed by atoms with Gasteiger partial charge in [0.05, 0.1) is 18.7 Å². The van der Waals surface area contributed by atoms with Gasteiger partial charge in [0.25, 0.3) is 0 Å². The van der Waals surface area contributed by atoms with Gasteiger partial charge in [0.15, 0.2) is 11.4 Å². The molecule has 1 aromatic carbocycles. The molecule has 1 aromatic heterocycles. The van der Waals surface area contributed by atoms with E-state index in [0.717, 1.165) is 10.9 Å². The summed E-state index contributed by atoms with van der Waals surface area (Å²) >= 11 is 0. The van der Waals surface area contributed by atoms with Crippen molar-refractivity contribution in [2.24, 2.45) is 0 Å². The van der Waals surface area contributed by atoms with Crippen LogP contribution in [0.25, 0.3) is 10.9 Å². The zero-order valence-electron chi connectivity index (χ0n) is 10.6. The highest BCUT2D eigenvalue weighted by atomic mass is 16.5. The molecule has 1 heterocycles. The number of nitrogens with zero attached hydrogens (tertiary/aromatic N) is 1. The Kier molecular flexibility index (Phi) is 3.46. The highest BCUT2D eigenvalue weighted by Gasteiger charge is 2.18. The van der Waals surface area contributed by atoms with E-state index in [1.165, 1.54) is 7.11 Å². The Morgan fingerprint density at radius 2 is 2.00 bits per heavy atom. The van der Waals surface area contributed by atoms with Crippen molar-refractivity contribution in [3.63, 3.8) is 0 Å². The minimum Gasteiger partial charge on any atom is -0.494 e. The first-order valence-corrected chi connectivity index (χ1v) is 5.76. The summed E-state index contributed by atoms with van der Waals surface area (Å²) in [6.07, 6.45) is -0.185. The first-order chi connectivity index (χ1) is 8.61. The molecule has 0 atom stereocenters. The standard InChI is InChI=1S/C14H15NO3/c1-9(2)18-14(16)13-12(17-3)8-10-6-4-5-7-11(10)15-13/h4-9H,1-3H3. The van der Waals surface area contributed by atoms with Gasteiger partial charge in [-0.3, -0.25) is 0 Å². The van der Waals surface area contributed by atoms with Crippen molar-refractivity contribution >= 4 is 16.9 Å². The number of carbonyl (C=O) groups excluding carboxylic acids is 1. The molecule has 0 unspecified atom stereocenters. The van der Waals surface area contributed by atoms with Crippen LogP contribution >= 0.6 is 0 Å². The molecule has 4 heteroatoms. The first-order valence-electron chi connectivity index (χ1n) is 5.76. The van der Waals surface area contributed by atoms with E-state index >= 15 is 0 Å². The summed E-state index contributed by atoms with van der Waals surface area (Å²) in [7, 11) is 1.51. The van der Waals surface area contributed by atoms with Crippen molar-refractivity contribution in [2.45, 2.75) is 20.0 Å². The minimum atomic E-state index is -0.465. The van der Waals surface area contributed by atoms with Crippen LogP contribution in [0.3, 0.4) is 0 Å². The third kappa shape index (κ3) is 2.42. The summed E-state index contributed by atoms with van der Waals surface area (Å²) in [6.45, 7) is 3.59. The zero-order valence-corrected chi connectivity index (χ0v) is 10.6. The maximum atomic E-state index is 11.9. The Balaban J connectivity index is 2.51.